The van der Waals surface area contributed by atoms with Gasteiger partial charge >= 0.3 is 0 Å². The zero-order chi connectivity index (χ0) is 19.3. The number of nitrogens with one attached hydrogen (secondary N) is 1. The first-order chi connectivity index (χ1) is 13.7. The lowest BCUT2D eigenvalue weighted by atomic mass is 9.96. The second kappa shape index (κ2) is 8.44. The lowest BCUT2D eigenvalue weighted by Gasteiger charge is -2.25. The van der Waals surface area contributed by atoms with Crippen LogP contribution in [0.5, 0.6) is 17.4 Å². The van der Waals surface area contributed by atoms with E-state index in [0.29, 0.717) is 24.5 Å². The van der Waals surface area contributed by atoms with E-state index >= 15 is 0 Å². The number of ether oxygens (including phenoxy) is 2. The van der Waals surface area contributed by atoms with Crippen LogP contribution < -0.4 is 14.8 Å². The van der Waals surface area contributed by atoms with E-state index in [1.807, 2.05) is 42.5 Å². The number of carbonyl (C=O) groups is 1. The minimum absolute atomic E-state index is 0.211. The van der Waals surface area contributed by atoms with Gasteiger partial charge in [-0.3, -0.25) is 4.79 Å². The number of hydrogen-bond donors (Lipinski definition) is 1. The van der Waals surface area contributed by atoms with E-state index < -0.39 is 0 Å². The molecule has 0 saturated carbocycles. The van der Waals surface area contributed by atoms with Crippen molar-refractivity contribution >= 4 is 21.8 Å². The fourth-order valence-corrected chi connectivity index (χ4v) is 3.52. The summed E-state index contributed by atoms with van der Waals surface area (Å²) in [6.07, 6.45) is 2.49. The van der Waals surface area contributed by atoms with Crippen LogP contribution in [0.15, 0.2) is 71.3 Å². The van der Waals surface area contributed by atoms with Gasteiger partial charge in [-0.1, -0.05) is 40.2 Å². The largest absolute Gasteiger partial charge is 0.493 e. The van der Waals surface area contributed by atoms with Crippen LogP contribution in [0.1, 0.15) is 15.9 Å². The number of halogens is 1. The number of amides is 1. The first kappa shape index (κ1) is 18.5. The zero-order valence-corrected chi connectivity index (χ0v) is 16.7. The molecule has 1 aromatic heterocycles. The molecule has 1 aliphatic rings. The van der Waals surface area contributed by atoms with Crippen molar-refractivity contribution in [1.82, 2.24) is 10.3 Å². The van der Waals surface area contributed by atoms with Crippen LogP contribution in [-0.2, 0) is 6.42 Å². The maximum absolute atomic E-state index is 12.7. The molecule has 0 saturated heterocycles. The molecule has 0 bridgehead atoms. The Balaban J connectivity index is 1.41. The number of fused-ring (bicyclic) bond motifs is 1. The van der Waals surface area contributed by atoms with Gasteiger partial charge in [-0.25, -0.2) is 4.98 Å². The van der Waals surface area contributed by atoms with Crippen LogP contribution in [-0.4, -0.2) is 24.0 Å². The minimum atomic E-state index is -0.211. The van der Waals surface area contributed by atoms with Gasteiger partial charge in [0.2, 0.25) is 5.88 Å². The molecule has 0 unspecified atom stereocenters. The Labute approximate surface area is 171 Å². The summed E-state index contributed by atoms with van der Waals surface area (Å²) in [5, 5.41) is 2.99. The SMILES string of the molecule is O=C(NC[C@H]1COc2ccccc2C1)c1cccnc1Oc1cccc(Br)c1. The average Bonchev–Trinajstić information content (AvgIpc) is 2.72. The molecule has 1 amide bonds. The number of nitrogens with zero attached hydrogens (tertiary/aromatic N) is 1. The maximum atomic E-state index is 12.7. The van der Waals surface area contributed by atoms with Crippen molar-refractivity contribution < 1.29 is 14.3 Å². The molecule has 142 valence electrons. The fraction of sp³-hybridized carbons (Fsp3) is 0.182. The smallest absolute Gasteiger partial charge is 0.256 e. The number of carbonyl (C=O) groups excluding carboxylic acids is 1. The molecule has 1 N–H and O–H groups in total. The van der Waals surface area contributed by atoms with Crippen molar-refractivity contribution in [2.45, 2.75) is 6.42 Å². The molecular formula is C22H19BrN2O3. The summed E-state index contributed by atoms with van der Waals surface area (Å²) >= 11 is 3.41. The van der Waals surface area contributed by atoms with Crippen molar-refractivity contribution in [3.05, 3.63) is 82.5 Å². The van der Waals surface area contributed by atoms with E-state index in [9.17, 15) is 4.79 Å². The molecular weight excluding hydrogens is 420 g/mol. The first-order valence-corrected chi connectivity index (χ1v) is 9.85. The Kier molecular flexibility index (Phi) is 5.58. The summed E-state index contributed by atoms with van der Waals surface area (Å²) in [6, 6.07) is 18.9. The molecule has 0 aliphatic carbocycles. The monoisotopic (exact) mass is 438 g/mol. The minimum Gasteiger partial charge on any atom is -0.493 e. The summed E-state index contributed by atoms with van der Waals surface area (Å²) in [4.78, 5) is 17.0. The number of aromatic nitrogens is 1. The van der Waals surface area contributed by atoms with Gasteiger partial charge in [-0.05, 0) is 48.4 Å². The second-order valence-electron chi connectivity index (χ2n) is 6.61. The lowest BCUT2D eigenvalue weighted by Crippen LogP contribution is -2.35. The van der Waals surface area contributed by atoms with Crippen molar-refractivity contribution in [3.8, 4) is 17.4 Å². The Morgan fingerprint density at radius 1 is 1.18 bits per heavy atom. The quantitative estimate of drug-likeness (QED) is 0.631. The molecule has 0 radical (unpaired) electrons. The number of hydrogen-bond acceptors (Lipinski definition) is 4. The molecule has 1 atom stereocenters. The molecule has 4 rings (SSSR count). The summed E-state index contributed by atoms with van der Waals surface area (Å²) in [6.45, 7) is 1.12. The standard InChI is InChI=1S/C22H19BrN2O3/c23-17-6-3-7-18(12-17)28-22-19(8-4-10-24-22)21(26)25-13-15-11-16-5-1-2-9-20(16)27-14-15/h1-10,12,15H,11,13-14H2,(H,25,26)/t15-/m0/s1. The van der Waals surface area contributed by atoms with Crippen molar-refractivity contribution in [2.75, 3.05) is 13.2 Å². The van der Waals surface area contributed by atoms with Gasteiger partial charge in [0.25, 0.3) is 5.91 Å². The Morgan fingerprint density at radius 2 is 2.07 bits per heavy atom. The molecule has 6 heteroatoms. The van der Waals surface area contributed by atoms with E-state index in [2.05, 4.69) is 32.3 Å². The van der Waals surface area contributed by atoms with Gasteiger partial charge in [0.05, 0.1) is 6.61 Å². The maximum Gasteiger partial charge on any atom is 0.256 e. The third-order valence-corrected chi connectivity index (χ3v) is 5.03. The van der Waals surface area contributed by atoms with E-state index in [4.69, 9.17) is 9.47 Å². The highest BCUT2D eigenvalue weighted by Gasteiger charge is 2.21. The van der Waals surface area contributed by atoms with Crippen LogP contribution in [0.25, 0.3) is 0 Å². The van der Waals surface area contributed by atoms with Crippen molar-refractivity contribution in [1.29, 1.82) is 0 Å². The first-order valence-electron chi connectivity index (χ1n) is 9.06. The van der Waals surface area contributed by atoms with E-state index in [0.717, 1.165) is 16.6 Å². The fourth-order valence-electron chi connectivity index (χ4n) is 3.14. The highest BCUT2D eigenvalue weighted by atomic mass is 79.9. The Morgan fingerprint density at radius 3 is 2.96 bits per heavy atom. The number of rotatable bonds is 5. The molecule has 0 fully saturated rings. The summed E-state index contributed by atoms with van der Waals surface area (Å²) in [5.41, 5.74) is 1.58. The predicted octanol–water partition coefficient (Wildman–Crippen LogP) is 4.62. The Hall–Kier alpha value is -2.86. The average molecular weight is 439 g/mol. The number of benzene rings is 2. The lowest BCUT2D eigenvalue weighted by molar-refractivity contribution is 0.0936. The zero-order valence-electron chi connectivity index (χ0n) is 15.1. The van der Waals surface area contributed by atoms with Crippen LogP contribution in [0.2, 0.25) is 0 Å². The molecule has 2 heterocycles. The molecule has 1 aliphatic heterocycles. The van der Waals surface area contributed by atoms with E-state index in [1.165, 1.54) is 5.56 Å². The van der Waals surface area contributed by atoms with Crippen LogP contribution in [0.3, 0.4) is 0 Å². The summed E-state index contributed by atoms with van der Waals surface area (Å²) in [7, 11) is 0. The normalized spacial score (nSPS) is 15.2. The topological polar surface area (TPSA) is 60.5 Å². The molecule has 3 aromatic rings. The van der Waals surface area contributed by atoms with Gasteiger partial charge in [0.1, 0.15) is 17.1 Å². The molecule has 28 heavy (non-hydrogen) atoms. The van der Waals surface area contributed by atoms with Gasteiger partial charge < -0.3 is 14.8 Å². The van der Waals surface area contributed by atoms with Crippen LogP contribution >= 0.6 is 15.9 Å². The second-order valence-corrected chi connectivity index (χ2v) is 7.53. The number of pyridine rings is 1. The van der Waals surface area contributed by atoms with E-state index in [-0.39, 0.29) is 17.7 Å². The highest BCUT2D eigenvalue weighted by molar-refractivity contribution is 9.10. The van der Waals surface area contributed by atoms with E-state index in [1.54, 1.807) is 18.3 Å². The van der Waals surface area contributed by atoms with Gasteiger partial charge in [-0.15, -0.1) is 0 Å². The van der Waals surface area contributed by atoms with Crippen LogP contribution in [0.4, 0.5) is 0 Å². The Bertz CT molecular complexity index is 993. The van der Waals surface area contributed by atoms with Gasteiger partial charge in [0, 0.05) is 23.1 Å². The highest BCUT2D eigenvalue weighted by Crippen LogP contribution is 2.27. The predicted molar refractivity (Wildman–Crippen MR) is 110 cm³/mol. The van der Waals surface area contributed by atoms with Gasteiger partial charge in [0.15, 0.2) is 0 Å². The van der Waals surface area contributed by atoms with Crippen molar-refractivity contribution in [2.24, 2.45) is 5.92 Å². The van der Waals surface area contributed by atoms with Gasteiger partial charge in [-0.2, -0.15) is 0 Å². The number of para-hydroxylation sites is 1. The molecule has 2 aromatic carbocycles. The molecule has 5 nitrogen and oxygen atoms in total. The summed E-state index contributed by atoms with van der Waals surface area (Å²) < 4.78 is 12.5. The summed E-state index contributed by atoms with van der Waals surface area (Å²) in [5.74, 6) is 1.84. The van der Waals surface area contributed by atoms with Crippen LogP contribution in [0, 0.1) is 5.92 Å². The van der Waals surface area contributed by atoms with Crippen molar-refractivity contribution in [3.63, 3.8) is 0 Å². The third kappa shape index (κ3) is 4.34. The molecule has 0 spiro atoms. The third-order valence-electron chi connectivity index (χ3n) is 4.53.